The van der Waals surface area contributed by atoms with Crippen LogP contribution in [0.25, 0.3) is 11.5 Å². The summed E-state index contributed by atoms with van der Waals surface area (Å²) in [5, 5.41) is 10.1. The van der Waals surface area contributed by atoms with Crippen LogP contribution in [0.2, 0.25) is 0 Å². The Morgan fingerprint density at radius 3 is 2.39 bits per heavy atom. The number of aromatic nitrogens is 2. The summed E-state index contributed by atoms with van der Waals surface area (Å²) >= 11 is 0. The molecule has 4 saturated carbocycles. The van der Waals surface area contributed by atoms with Gasteiger partial charge in [0.1, 0.15) is 0 Å². The molecule has 4 aliphatic carbocycles. The average Bonchev–Trinajstić information content (AvgIpc) is 3.24. The SMILES string of the molecule is Cc1cccc(-c2nc(C(C)C)no2)c1NC(=O)CCNC(=O)C12CC3CC(CC(C3)C1)C2. The lowest BCUT2D eigenvalue weighted by atomic mass is 9.49. The largest absolute Gasteiger partial charge is 0.355 e. The molecule has 33 heavy (non-hydrogen) atoms. The molecule has 6 rings (SSSR count). The van der Waals surface area contributed by atoms with Gasteiger partial charge in [0.15, 0.2) is 5.82 Å². The Bertz CT molecular complexity index is 1020. The van der Waals surface area contributed by atoms with Crippen molar-refractivity contribution in [2.24, 2.45) is 23.2 Å². The van der Waals surface area contributed by atoms with Gasteiger partial charge in [-0.3, -0.25) is 9.59 Å². The molecule has 0 aliphatic heterocycles. The molecule has 2 N–H and O–H groups in total. The fourth-order valence-electron chi connectivity index (χ4n) is 6.66. The van der Waals surface area contributed by atoms with E-state index in [1.165, 1.54) is 19.3 Å². The lowest BCUT2D eigenvalue weighted by Gasteiger charge is -2.55. The number of rotatable bonds is 7. The van der Waals surface area contributed by atoms with E-state index in [0.29, 0.717) is 29.5 Å². The quantitative estimate of drug-likeness (QED) is 0.630. The predicted molar refractivity (Wildman–Crippen MR) is 125 cm³/mol. The molecule has 2 aromatic rings. The smallest absolute Gasteiger partial charge is 0.260 e. The van der Waals surface area contributed by atoms with E-state index in [1.807, 2.05) is 39.0 Å². The average molecular weight is 451 g/mol. The van der Waals surface area contributed by atoms with Crippen LogP contribution in [-0.2, 0) is 9.59 Å². The molecule has 0 radical (unpaired) electrons. The van der Waals surface area contributed by atoms with Crippen molar-refractivity contribution in [3.8, 4) is 11.5 Å². The number of aryl methyl sites for hydroxylation is 1. The van der Waals surface area contributed by atoms with E-state index in [4.69, 9.17) is 4.52 Å². The molecule has 0 atom stereocenters. The molecule has 2 amide bonds. The maximum Gasteiger partial charge on any atom is 0.260 e. The molecule has 4 bridgehead atoms. The van der Waals surface area contributed by atoms with Crippen molar-refractivity contribution in [2.45, 2.75) is 71.6 Å². The van der Waals surface area contributed by atoms with Gasteiger partial charge in [0, 0.05) is 24.3 Å². The van der Waals surface area contributed by atoms with Gasteiger partial charge in [-0.1, -0.05) is 31.1 Å². The van der Waals surface area contributed by atoms with Crippen molar-refractivity contribution in [3.63, 3.8) is 0 Å². The van der Waals surface area contributed by atoms with Crippen LogP contribution in [0.1, 0.15) is 76.1 Å². The van der Waals surface area contributed by atoms with Crippen LogP contribution in [0.3, 0.4) is 0 Å². The molecule has 1 heterocycles. The van der Waals surface area contributed by atoms with Crippen molar-refractivity contribution in [1.82, 2.24) is 15.5 Å². The predicted octanol–water partition coefficient (Wildman–Crippen LogP) is 4.83. The van der Waals surface area contributed by atoms with Gasteiger partial charge in [0.05, 0.1) is 11.3 Å². The Morgan fingerprint density at radius 1 is 1.12 bits per heavy atom. The number of hydrogen-bond donors (Lipinski definition) is 2. The molecular weight excluding hydrogens is 416 g/mol. The molecule has 7 nitrogen and oxygen atoms in total. The molecule has 0 spiro atoms. The maximum atomic E-state index is 13.1. The maximum absolute atomic E-state index is 13.1. The topological polar surface area (TPSA) is 97.1 Å². The van der Waals surface area contributed by atoms with Crippen LogP contribution in [0, 0.1) is 30.1 Å². The van der Waals surface area contributed by atoms with E-state index in [2.05, 4.69) is 20.8 Å². The Balaban J connectivity index is 1.20. The molecule has 1 aromatic carbocycles. The second-order valence-corrected chi connectivity index (χ2v) is 10.9. The van der Waals surface area contributed by atoms with Crippen molar-refractivity contribution < 1.29 is 14.1 Å². The molecule has 4 fully saturated rings. The minimum absolute atomic E-state index is 0.139. The highest BCUT2D eigenvalue weighted by molar-refractivity contribution is 5.96. The Kier molecular flexibility index (Phi) is 5.75. The number of benzene rings is 1. The summed E-state index contributed by atoms with van der Waals surface area (Å²) in [6, 6.07) is 5.72. The zero-order valence-corrected chi connectivity index (χ0v) is 19.8. The molecule has 176 valence electrons. The highest BCUT2D eigenvalue weighted by Crippen LogP contribution is 2.60. The number of para-hydroxylation sites is 1. The minimum atomic E-state index is -0.180. The number of carbonyl (C=O) groups is 2. The zero-order valence-electron chi connectivity index (χ0n) is 19.8. The summed E-state index contributed by atoms with van der Waals surface area (Å²) in [6.07, 6.45) is 7.27. The molecule has 1 aromatic heterocycles. The molecule has 0 unspecified atom stereocenters. The third-order valence-corrected chi connectivity index (χ3v) is 7.88. The van der Waals surface area contributed by atoms with E-state index < -0.39 is 0 Å². The summed E-state index contributed by atoms with van der Waals surface area (Å²) in [6.45, 7) is 6.30. The van der Waals surface area contributed by atoms with Crippen molar-refractivity contribution in [2.75, 3.05) is 11.9 Å². The number of nitrogens with zero attached hydrogens (tertiary/aromatic N) is 2. The van der Waals surface area contributed by atoms with Crippen LogP contribution >= 0.6 is 0 Å². The standard InChI is InChI=1S/C26H34N4O3/c1-15(2)23-29-24(33-30-23)20-6-4-5-16(3)22(20)28-21(31)7-8-27-25(32)26-12-17-9-18(13-26)11-19(10-17)14-26/h4-6,15,17-19H,7-14H2,1-3H3,(H,27,32)(H,28,31). The fourth-order valence-corrected chi connectivity index (χ4v) is 6.66. The molecule has 0 saturated heterocycles. The lowest BCUT2D eigenvalue weighted by Crippen LogP contribution is -2.53. The summed E-state index contributed by atoms with van der Waals surface area (Å²) in [5.74, 6) is 3.40. The lowest BCUT2D eigenvalue weighted by molar-refractivity contribution is -0.146. The first-order valence-corrected chi connectivity index (χ1v) is 12.3. The van der Waals surface area contributed by atoms with Gasteiger partial charge < -0.3 is 15.2 Å². The van der Waals surface area contributed by atoms with E-state index in [9.17, 15) is 9.59 Å². The first-order valence-electron chi connectivity index (χ1n) is 12.3. The van der Waals surface area contributed by atoms with Gasteiger partial charge >= 0.3 is 0 Å². The van der Waals surface area contributed by atoms with E-state index in [-0.39, 0.29) is 29.6 Å². The first-order chi connectivity index (χ1) is 15.8. The van der Waals surface area contributed by atoms with Gasteiger partial charge in [-0.2, -0.15) is 4.98 Å². The van der Waals surface area contributed by atoms with Crippen molar-refractivity contribution >= 4 is 17.5 Å². The van der Waals surface area contributed by atoms with Gasteiger partial charge in [0.25, 0.3) is 5.89 Å². The Hall–Kier alpha value is -2.70. The Labute approximate surface area is 195 Å². The number of anilines is 1. The minimum Gasteiger partial charge on any atom is -0.355 e. The second kappa shape index (κ2) is 8.58. The summed E-state index contributed by atoms with van der Waals surface area (Å²) in [7, 11) is 0. The third kappa shape index (κ3) is 4.30. The van der Waals surface area contributed by atoms with Gasteiger partial charge in [-0.25, -0.2) is 0 Å². The monoisotopic (exact) mass is 450 g/mol. The van der Waals surface area contributed by atoms with Crippen LogP contribution in [0.5, 0.6) is 0 Å². The molecule has 7 heteroatoms. The van der Waals surface area contributed by atoms with Gasteiger partial charge in [-0.15, -0.1) is 0 Å². The van der Waals surface area contributed by atoms with Crippen molar-refractivity contribution in [1.29, 1.82) is 0 Å². The Morgan fingerprint density at radius 2 is 1.79 bits per heavy atom. The number of nitrogens with one attached hydrogen (secondary N) is 2. The van der Waals surface area contributed by atoms with Crippen molar-refractivity contribution in [3.05, 3.63) is 29.6 Å². The summed E-state index contributed by atoms with van der Waals surface area (Å²) in [4.78, 5) is 30.4. The third-order valence-electron chi connectivity index (χ3n) is 7.88. The zero-order chi connectivity index (χ0) is 23.2. The van der Waals surface area contributed by atoms with E-state index in [1.54, 1.807) is 0 Å². The van der Waals surface area contributed by atoms with Crippen LogP contribution in [-0.4, -0.2) is 28.5 Å². The first kappa shape index (κ1) is 22.1. The van der Waals surface area contributed by atoms with Crippen LogP contribution < -0.4 is 10.6 Å². The highest BCUT2D eigenvalue weighted by Gasteiger charge is 2.54. The summed E-state index contributed by atoms with van der Waals surface area (Å²) < 4.78 is 5.45. The highest BCUT2D eigenvalue weighted by atomic mass is 16.5. The molecule has 4 aliphatic rings. The normalized spacial score (nSPS) is 27.7. The molecular formula is C26H34N4O3. The fraction of sp³-hybridized carbons (Fsp3) is 0.615. The number of hydrogen-bond acceptors (Lipinski definition) is 5. The van der Waals surface area contributed by atoms with Crippen LogP contribution in [0.4, 0.5) is 5.69 Å². The van der Waals surface area contributed by atoms with E-state index in [0.717, 1.165) is 42.6 Å². The van der Waals surface area contributed by atoms with E-state index >= 15 is 0 Å². The number of amides is 2. The van der Waals surface area contributed by atoms with Gasteiger partial charge in [0.2, 0.25) is 11.8 Å². The van der Waals surface area contributed by atoms with Crippen LogP contribution in [0.15, 0.2) is 22.7 Å². The second-order valence-electron chi connectivity index (χ2n) is 10.9. The summed E-state index contributed by atoms with van der Waals surface area (Å²) in [5.41, 5.74) is 2.12. The number of carbonyl (C=O) groups excluding carboxylic acids is 2. The van der Waals surface area contributed by atoms with Gasteiger partial charge in [-0.05, 0) is 74.8 Å².